The highest BCUT2D eigenvalue weighted by Crippen LogP contribution is 2.24. The number of likely N-dealkylation sites (N-methyl/N-ethyl adjacent to an activating group) is 1. The molecule has 0 saturated carbocycles. The molecule has 2 rings (SSSR count). The molecule has 0 aromatic heterocycles. The van der Waals surface area contributed by atoms with Crippen molar-refractivity contribution in [2.45, 2.75) is 44.1 Å². The average Bonchev–Trinajstić information content (AvgIpc) is 2.54. The summed E-state index contributed by atoms with van der Waals surface area (Å²) in [7, 11) is 0. The summed E-state index contributed by atoms with van der Waals surface area (Å²) in [5.41, 5.74) is 0. The lowest BCUT2D eigenvalue weighted by molar-refractivity contribution is 0.135. The van der Waals surface area contributed by atoms with E-state index in [1.54, 1.807) is 0 Å². The molecule has 2 aliphatic rings. The number of piperazine rings is 1. The van der Waals surface area contributed by atoms with Crippen LogP contribution >= 0.6 is 11.8 Å². The van der Waals surface area contributed by atoms with Crippen LogP contribution in [0.1, 0.15) is 33.6 Å². The zero-order valence-electron chi connectivity index (χ0n) is 15.1. The summed E-state index contributed by atoms with van der Waals surface area (Å²) in [5, 5.41) is 4.19. The third-order valence-corrected chi connectivity index (χ3v) is 6.02. The van der Waals surface area contributed by atoms with Crippen LogP contribution in [-0.4, -0.2) is 90.1 Å². The average molecular weight is 343 g/mol. The summed E-state index contributed by atoms with van der Waals surface area (Å²) in [4.78, 5) is 19.3. The fourth-order valence-corrected chi connectivity index (χ4v) is 4.77. The first-order valence-electron chi connectivity index (χ1n) is 9.21. The maximum Gasteiger partial charge on any atom is 0.317 e. The summed E-state index contributed by atoms with van der Waals surface area (Å²) >= 11 is 1.98. The lowest BCUT2D eigenvalue weighted by Crippen LogP contribution is -2.48. The van der Waals surface area contributed by atoms with E-state index >= 15 is 0 Å². The number of urea groups is 1. The van der Waals surface area contributed by atoms with E-state index in [2.05, 4.69) is 35.9 Å². The van der Waals surface area contributed by atoms with Gasteiger partial charge in [0.25, 0.3) is 0 Å². The van der Waals surface area contributed by atoms with Gasteiger partial charge in [0.15, 0.2) is 0 Å². The number of rotatable bonds is 6. The number of unbranched alkanes of at least 4 members (excludes halogenated alkanes) is 1. The second kappa shape index (κ2) is 9.74. The number of thioether (sulfide) groups is 1. The minimum absolute atomic E-state index is 0.126. The van der Waals surface area contributed by atoms with Crippen molar-refractivity contribution >= 4 is 17.8 Å². The van der Waals surface area contributed by atoms with Gasteiger partial charge in [-0.1, -0.05) is 20.8 Å². The van der Waals surface area contributed by atoms with Crippen LogP contribution in [0.3, 0.4) is 0 Å². The predicted octanol–water partition coefficient (Wildman–Crippen LogP) is 1.94. The third-order valence-electron chi connectivity index (χ3n) is 4.80. The first-order valence-corrected chi connectivity index (χ1v) is 10.2. The van der Waals surface area contributed by atoms with Crippen molar-refractivity contribution in [3.05, 3.63) is 0 Å². The van der Waals surface area contributed by atoms with Crippen molar-refractivity contribution in [3.63, 3.8) is 0 Å². The van der Waals surface area contributed by atoms with Crippen LogP contribution in [-0.2, 0) is 0 Å². The molecule has 0 aliphatic carbocycles. The quantitative estimate of drug-likeness (QED) is 0.749. The number of carbonyl (C=O) groups is 1. The van der Waals surface area contributed by atoms with Gasteiger partial charge in [-0.3, -0.25) is 0 Å². The Morgan fingerprint density at radius 3 is 2.26 bits per heavy atom. The van der Waals surface area contributed by atoms with Crippen molar-refractivity contribution in [1.29, 1.82) is 0 Å². The number of amides is 2. The van der Waals surface area contributed by atoms with E-state index in [0.717, 1.165) is 26.1 Å². The van der Waals surface area contributed by atoms with E-state index < -0.39 is 0 Å². The summed E-state index contributed by atoms with van der Waals surface area (Å²) in [6.45, 7) is 16.4. The molecule has 23 heavy (non-hydrogen) atoms. The molecule has 0 radical (unpaired) electrons. The molecular weight excluding hydrogens is 308 g/mol. The molecule has 2 saturated heterocycles. The second-order valence-corrected chi connectivity index (χ2v) is 8.76. The number of nitrogens with zero attached hydrogens (tertiary/aromatic N) is 3. The first kappa shape index (κ1) is 18.9. The van der Waals surface area contributed by atoms with Crippen LogP contribution in [0.5, 0.6) is 0 Å². The zero-order valence-corrected chi connectivity index (χ0v) is 15.9. The Hall–Kier alpha value is -0.460. The first-order chi connectivity index (χ1) is 11.1. The Bertz CT molecular complexity index is 351. The Morgan fingerprint density at radius 2 is 1.65 bits per heavy atom. The molecule has 0 spiro atoms. The van der Waals surface area contributed by atoms with Crippen molar-refractivity contribution in [3.8, 4) is 0 Å². The van der Waals surface area contributed by atoms with E-state index in [4.69, 9.17) is 0 Å². The van der Waals surface area contributed by atoms with Crippen molar-refractivity contribution in [2.75, 3.05) is 58.9 Å². The van der Waals surface area contributed by atoms with Gasteiger partial charge in [-0.2, -0.15) is 11.8 Å². The SMILES string of the molecule is CCN1CCN(CCCCNC(=O)N2C[C@@H](C)S[C@@H](C)C2)CC1. The van der Waals surface area contributed by atoms with Gasteiger partial charge in [-0.25, -0.2) is 4.79 Å². The fourth-order valence-electron chi connectivity index (χ4n) is 3.44. The number of nitrogens with one attached hydrogen (secondary N) is 1. The topological polar surface area (TPSA) is 38.8 Å². The van der Waals surface area contributed by atoms with Gasteiger partial charge < -0.3 is 20.0 Å². The van der Waals surface area contributed by atoms with Gasteiger partial charge in [0, 0.05) is 56.3 Å². The molecule has 2 aliphatic heterocycles. The van der Waals surface area contributed by atoms with Gasteiger partial charge in [0.05, 0.1) is 0 Å². The lowest BCUT2D eigenvalue weighted by atomic mass is 10.2. The second-order valence-electron chi connectivity index (χ2n) is 6.88. The summed E-state index contributed by atoms with van der Waals surface area (Å²) < 4.78 is 0. The molecule has 5 nitrogen and oxygen atoms in total. The number of hydrogen-bond donors (Lipinski definition) is 1. The van der Waals surface area contributed by atoms with E-state index in [1.165, 1.54) is 45.7 Å². The minimum atomic E-state index is 0.126. The lowest BCUT2D eigenvalue weighted by Gasteiger charge is -2.34. The van der Waals surface area contributed by atoms with Crippen LogP contribution in [0.15, 0.2) is 0 Å². The molecule has 0 bridgehead atoms. The highest BCUT2D eigenvalue weighted by Gasteiger charge is 2.25. The summed E-state index contributed by atoms with van der Waals surface area (Å²) in [5.74, 6) is 0. The highest BCUT2D eigenvalue weighted by molar-refractivity contribution is 8.00. The predicted molar refractivity (Wildman–Crippen MR) is 99.3 cm³/mol. The van der Waals surface area contributed by atoms with Crippen molar-refractivity contribution in [2.24, 2.45) is 0 Å². The molecule has 2 amide bonds. The molecule has 0 unspecified atom stereocenters. The Balaban J connectivity index is 1.52. The van der Waals surface area contributed by atoms with Crippen LogP contribution < -0.4 is 5.32 Å². The highest BCUT2D eigenvalue weighted by atomic mass is 32.2. The smallest absolute Gasteiger partial charge is 0.317 e. The molecule has 0 aromatic rings. The Labute approximate surface area is 146 Å². The minimum Gasteiger partial charge on any atom is -0.338 e. The molecule has 0 aromatic carbocycles. The van der Waals surface area contributed by atoms with Crippen LogP contribution in [0.2, 0.25) is 0 Å². The standard InChI is InChI=1S/C17H34N4OS/c1-4-19-9-11-20(12-10-19)8-6-5-7-18-17(22)21-13-15(2)23-16(3)14-21/h15-16H,4-14H2,1-3H3,(H,18,22)/t15-,16+. The number of hydrogen-bond acceptors (Lipinski definition) is 4. The van der Waals surface area contributed by atoms with Crippen LogP contribution in [0.4, 0.5) is 4.79 Å². The Morgan fingerprint density at radius 1 is 1.04 bits per heavy atom. The molecule has 2 heterocycles. The largest absolute Gasteiger partial charge is 0.338 e. The van der Waals surface area contributed by atoms with Gasteiger partial charge in [-0.05, 0) is 25.9 Å². The number of carbonyl (C=O) groups excluding carboxylic acids is 1. The van der Waals surface area contributed by atoms with Crippen molar-refractivity contribution in [1.82, 2.24) is 20.0 Å². The van der Waals surface area contributed by atoms with E-state index in [9.17, 15) is 4.79 Å². The van der Waals surface area contributed by atoms with Gasteiger partial charge in [0.1, 0.15) is 0 Å². The molecule has 1 N–H and O–H groups in total. The monoisotopic (exact) mass is 342 g/mol. The molecular formula is C17H34N4OS. The fraction of sp³-hybridized carbons (Fsp3) is 0.941. The maximum atomic E-state index is 12.2. The van der Waals surface area contributed by atoms with Crippen LogP contribution in [0.25, 0.3) is 0 Å². The van der Waals surface area contributed by atoms with Gasteiger partial charge in [0.2, 0.25) is 0 Å². The maximum absolute atomic E-state index is 12.2. The van der Waals surface area contributed by atoms with Crippen LogP contribution in [0, 0.1) is 0 Å². The van der Waals surface area contributed by atoms with Crippen molar-refractivity contribution < 1.29 is 4.79 Å². The molecule has 6 heteroatoms. The van der Waals surface area contributed by atoms with E-state index in [1.807, 2.05) is 16.7 Å². The van der Waals surface area contributed by atoms with Gasteiger partial charge >= 0.3 is 6.03 Å². The third kappa shape index (κ3) is 6.51. The summed E-state index contributed by atoms with van der Waals surface area (Å²) in [6, 6.07) is 0.126. The normalized spacial score (nSPS) is 27.2. The van der Waals surface area contributed by atoms with E-state index in [0.29, 0.717) is 10.5 Å². The summed E-state index contributed by atoms with van der Waals surface area (Å²) in [6.07, 6.45) is 2.25. The molecule has 2 atom stereocenters. The van der Waals surface area contributed by atoms with Gasteiger partial charge in [-0.15, -0.1) is 0 Å². The molecule has 2 fully saturated rings. The molecule has 134 valence electrons. The van der Waals surface area contributed by atoms with E-state index in [-0.39, 0.29) is 6.03 Å². The Kier molecular flexibility index (Phi) is 7.99. The zero-order chi connectivity index (χ0) is 16.7.